The molecule has 2 bridgehead atoms. The Balaban J connectivity index is 2.25. The molecule has 0 spiro atoms. The highest BCUT2D eigenvalue weighted by Crippen LogP contribution is 2.42. The summed E-state index contributed by atoms with van der Waals surface area (Å²) in [5.74, 6) is 0.274. The van der Waals surface area contributed by atoms with Crippen LogP contribution in [0.1, 0.15) is 13.3 Å². The molecule has 18 heavy (non-hydrogen) atoms. The van der Waals surface area contributed by atoms with E-state index in [0.29, 0.717) is 25.4 Å². The number of fused-ring (bicyclic) bond motifs is 2. The molecule has 0 aromatic rings. The van der Waals surface area contributed by atoms with E-state index in [1.165, 1.54) is 6.92 Å². The molecule has 0 unspecified atom stereocenters. The standard InChI is InChI=1S/C13H18O5/c1-10(14)17-11-6-12(8-15-2)4-5-13(7-11,18-12)9-16-3/h4-6H,7-9H2,1-3H3/t12-,13-/m0/s1. The van der Waals surface area contributed by atoms with E-state index in [0.717, 1.165) is 0 Å². The molecule has 5 nitrogen and oxygen atoms in total. The van der Waals surface area contributed by atoms with Gasteiger partial charge in [-0.3, -0.25) is 4.79 Å². The molecule has 0 fully saturated rings. The van der Waals surface area contributed by atoms with Crippen molar-refractivity contribution in [1.82, 2.24) is 0 Å². The smallest absolute Gasteiger partial charge is 0.307 e. The fourth-order valence-corrected chi connectivity index (χ4v) is 2.50. The molecule has 0 aromatic carbocycles. The predicted octanol–water partition coefficient (Wildman–Crippen LogP) is 1.19. The summed E-state index contributed by atoms with van der Waals surface area (Å²) >= 11 is 0. The third-order valence-electron chi connectivity index (χ3n) is 2.97. The van der Waals surface area contributed by atoms with E-state index in [2.05, 4.69) is 0 Å². The van der Waals surface area contributed by atoms with Crippen molar-refractivity contribution in [3.05, 3.63) is 24.0 Å². The van der Waals surface area contributed by atoms with E-state index in [9.17, 15) is 4.79 Å². The molecular formula is C13H18O5. The third kappa shape index (κ3) is 2.48. The molecule has 2 atom stereocenters. The van der Waals surface area contributed by atoms with Gasteiger partial charge in [0.1, 0.15) is 17.0 Å². The first-order valence-electron chi connectivity index (χ1n) is 5.82. The van der Waals surface area contributed by atoms with Gasteiger partial charge in [-0.2, -0.15) is 0 Å². The van der Waals surface area contributed by atoms with E-state index in [1.807, 2.05) is 12.2 Å². The van der Waals surface area contributed by atoms with Gasteiger partial charge >= 0.3 is 5.97 Å². The Labute approximate surface area is 106 Å². The maximum atomic E-state index is 11.1. The SMILES string of the molecule is COC[C@]12C=C[C@@](COC)(CC(OC(C)=O)=C1)O2. The lowest BCUT2D eigenvalue weighted by Gasteiger charge is -2.37. The molecule has 2 aliphatic heterocycles. The van der Waals surface area contributed by atoms with Gasteiger partial charge in [0, 0.05) is 27.6 Å². The highest BCUT2D eigenvalue weighted by Gasteiger charge is 2.49. The van der Waals surface area contributed by atoms with Crippen molar-refractivity contribution in [3.63, 3.8) is 0 Å². The average Bonchev–Trinajstić information content (AvgIpc) is 2.51. The van der Waals surface area contributed by atoms with Gasteiger partial charge in [0.15, 0.2) is 0 Å². The van der Waals surface area contributed by atoms with E-state index < -0.39 is 11.2 Å². The van der Waals surface area contributed by atoms with Crippen LogP contribution < -0.4 is 0 Å². The monoisotopic (exact) mass is 254 g/mol. The molecule has 0 saturated heterocycles. The molecule has 2 rings (SSSR count). The Morgan fingerprint density at radius 1 is 1.33 bits per heavy atom. The van der Waals surface area contributed by atoms with Crippen LogP contribution in [0.5, 0.6) is 0 Å². The summed E-state index contributed by atoms with van der Waals surface area (Å²) in [6, 6.07) is 0. The minimum absolute atomic E-state index is 0.331. The molecular weight excluding hydrogens is 236 g/mol. The van der Waals surface area contributed by atoms with Crippen LogP contribution in [0.25, 0.3) is 0 Å². The lowest BCUT2D eigenvalue weighted by atomic mass is 9.97. The molecule has 5 heteroatoms. The Kier molecular flexibility index (Phi) is 3.56. The van der Waals surface area contributed by atoms with Crippen LogP contribution in [-0.4, -0.2) is 44.6 Å². The van der Waals surface area contributed by atoms with Crippen LogP contribution >= 0.6 is 0 Å². The zero-order valence-corrected chi connectivity index (χ0v) is 10.9. The Bertz CT molecular complexity index is 400. The van der Waals surface area contributed by atoms with E-state index in [-0.39, 0.29) is 5.97 Å². The van der Waals surface area contributed by atoms with Crippen molar-refractivity contribution in [1.29, 1.82) is 0 Å². The normalized spacial score (nSPS) is 33.4. The highest BCUT2D eigenvalue weighted by molar-refractivity contribution is 5.67. The first-order chi connectivity index (χ1) is 8.53. The van der Waals surface area contributed by atoms with Crippen molar-refractivity contribution in [2.75, 3.05) is 27.4 Å². The molecule has 0 radical (unpaired) electrons. The maximum Gasteiger partial charge on any atom is 0.307 e. The molecule has 0 aliphatic carbocycles. The zero-order chi connectivity index (χ0) is 13.2. The van der Waals surface area contributed by atoms with Crippen LogP contribution in [-0.2, 0) is 23.7 Å². The molecule has 0 amide bonds. The minimum Gasteiger partial charge on any atom is -0.431 e. The van der Waals surface area contributed by atoms with Crippen LogP contribution in [0.3, 0.4) is 0 Å². The second-order valence-corrected chi connectivity index (χ2v) is 4.70. The molecule has 2 aliphatic rings. The van der Waals surface area contributed by atoms with Crippen molar-refractivity contribution in [2.24, 2.45) is 0 Å². The number of rotatable bonds is 5. The van der Waals surface area contributed by atoms with E-state index in [1.54, 1.807) is 20.3 Å². The summed E-state index contributed by atoms with van der Waals surface area (Å²) in [5.41, 5.74) is -1.22. The second-order valence-electron chi connectivity index (χ2n) is 4.70. The van der Waals surface area contributed by atoms with E-state index >= 15 is 0 Å². The fourth-order valence-electron chi connectivity index (χ4n) is 2.50. The Morgan fingerprint density at radius 3 is 2.67 bits per heavy atom. The summed E-state index contributed by atoms with van der Waals surface area (Å²) < 4.78 is 21.6. The predicted molar refractivity (Wildman–Crippen MR) is 63.9 cm³/mol. The first-order valence-corrected chi connectivity index (χ1v) is 5.82. The van der Waals surface area contributed by atoms with Gasteiger partial charge in [0.05, 0.1) is 13.2 Å². The molecule has 0 aromatic heterocycles. The number of ether oxygens (including phenoxy) is 4. The highest BCUT2D eigenvalue weighted by atomic mass is 16.6. The van der Waals surface area contributed by atoms with Crippen LogP contribution in [0.2, 0.25) is 0 Å². The minimum atomic E-state index is -0.656. The molecule has 0 N–H and O–H groups in total. The largest absolute Gasteiger partial charge is 0.431 e. The topological polar surface area (TPSA) is 54.0 Å². The fraction of sp³-hybridized carbons (Fsp3) is 0.615. The van der Waals surface area contributed by atoms with Crippen LogP contribution in [0.4, 0.5) is 0 Å². The van der Waals surface area contributed by atoms with Gasteiger partial charge in [-0.15, -0.1) is 0 Å². The average molecular weight is 254 g/mol. The van der Waals surface area contributed by atoms with Gasteiger partial charge < -0.3 is 18.9 Å². The third-order valence-corrected chi connectivity index (χ3v) is 2.97. The number of hydrogen-bond donors (Lipinski definition) is 0. The van der Waals surface area contributed by atoms with Crippen molar-refractivity contribution < 1.29 is 23.7 Å². The number of carbonyl (C=O) groups excluding carboxylic acids is 1. The Morgan fingerprint density at radius 2 is 2.06 bits per heavy atom. The number of hydrogen-bond acceptors (Lipinski definition) is 5. The molecule has 0 saturated carbocycles. The van der Waals surface area contributed by atoms with Gasteiger partial charge in [-0.25, -0.2) is 0 Å². The summed E-state index contributed by atoms with van der Waals surface area (Å²) in [5, 5.41) is 0. The second kappa shape index (κ2) is 4.84. The van der Waals surface area contributed by atoms with E-state index in [4.69, 9.17) is 18.9 Å². The van der Waals surface area contributed by atoms with Gasteiger partial charge in [0.25, 0.3) is 0 Å². The van der Waals surface area contributed by atoms with Crippen LogP contribution in [0, 0.1) is 0 Å². The maximum absolute atomic E-state index is 11.1. The summed E-state index contributed by atoms with van der Waals surface area (Å²) in [4.78, 5) is 11.1. The zero-order valence-electron chi connectivity index (χ0n) is 10.9. The van der Waals surface area contributed by atoms with Crippen molar-refractivity contribution in [2.45, 2.75) is 24.5 Å². The summed E-state index contributed by atoms with van der Waals surface area (Å²) in [6.45, 7) is 2.17. The number of esters is 1. The molecule has 2 heterocycles. The quantitative estimate of drug-likeness (QED) is 0.545. The Hall–Kier alpha value is -1.17. The summed E-state index contributed by atoms with van der Waals surface area (Å²) in [7, 11) is 3.22. The lowest BCUT2D eigenvalue weighted by Crippen LogP contribution is -2.45. The first kappa shape index (κ1) is 13.3. The molecule has 100 valence electrons. The number of methoxy groups -OCH3 is 2. The summed E-state index contributed by atoms with van der Waals surface area (Å²) in [6.07, 6.45) is 6.19. The van der Waals surface area contributed by atoms with Crippen molar-refractivity contribution in [3.8, 4) is 0 Å². The lowest BCUT2D eigenvalue weighted by molar-refractivity contribution is -0.147. The van der Waals surface area contributed by atoms with Gasteiger partial charge in [0.2, 0.25) is 0 Å². The van der Waals surface area contributed by atoms with Gasteiger partial charge in [-0.1, -0.05) is 6.08 Å². The van der Waals surface area contributed by atoms with Gasteiger partial charge in [-0.05, 0) is 12.2 Å². The van der Waals surface area contributed by atoms with Crippen LogP contribution in [0.15, 0.2) is 24.0 Å². The number of carbonyl (C=O) groups is 1. The van der Waals surface area contributed by atoms with Crippen molar-refractivity contribution >= 4 is 5.97 Å².